The van der Waals surface area contributed by atoms with Crippen molar-refractivity contribution in [1.29, 1.82) is 0 Å². The van der Waals surface area contributed by atoms with E-state index in [0.29, 0.717) is 23.7 Å². The predicted octanol–water partition coefficient (Wildman–Crippen LogP) is 3.08. The highest BCUT2D eigenvalue weighted by atomic mass is 32.1. The van der Waals surface area contributed by atoms with E-state index in [0.717, 1.165) is 41.0 Å². The van der Waals surface area contributed by atoms with Crippen LogP contribution in [-0.4, -0.2) is 44.6 Å². The lowest BCUT2D eigenvalue weighted by atomic mass is 10.1. The SMILES string of the molecule is Cc1nnsc1C(=O)N1CCC(Oc2cccc3cccnc23)CC1. The second-order valence-electron chi connectivity index (χ2n) is 6.13. The van der Waals surface area contributed by atoms with Gasteiger partial charge in [0.2, 0.25) is 0 Å². The summed E-state index contributed by atoms with van der Waals surface area (Å²) in [5, 5.41) is 4.99. The molecule has 0 N–H and O–H groups in total. The molecule has 2 aromatic heterocycles. The van der Waals surface area contributed by atoms with E-state index < -0.39 is 0 Å². The molecule has 0 atom stereocenters. The number of rotatable bonds is 3. The van der Waals surface area contributed by atoms with Gasteiger partial charge in [-0.25, -0.2) is 0 Å². The van der Waals surface area contributed by atoms with Crippen molar-refractivity contribution in [1.82, 2.24) is 19.5 Å². The molecule has 1 saturated heterocycles. The van der Waals surface area contributed by atoms with Gasteiger partial charge in [-0.15, -0.1) is 5.10 Å². The van der Waals surface area contributed by atoms with Crippen LogP contribution in [0.2, 0.25) is 0 Å². The monoisotopic (exact) mass is 354 g/mol. The van der Waals surface area contributed by atoms with E-state index >= 15 is 0 Å². The molecular weight excluding hydrogens is 336 g/mol. The number of nitrogens with zero attached hydrogens (tertiary/aromatic N) is 4. The molecule has 1 aliphatic rings. The van der Waals surface area contributed by atoms with Crippen LogP contribution in [-0.2, 0) is 0 Å². The predicted molar refractivity (Wildman–Crippen MR) is 95.9 cm³/mol. The van der Waals surface area contributed by atoms with Gasteiger partial charge in [-0.3, -0.25) is 9.78 Å². The van der Waals surface area contributed by atoms with E-state index in [9.17, 15) is 4.79 Å². The Balaban J connectivity index is 1.42. The summed E-state index contributed by atoms with van der Waals surface area (Å²) in [7, 11) is 0. The standard InChI is InChI=1S/C18H18N4O2S/c1-12-17(25-21-20-12)18(23)22-10-7-14(8-11-22)24-15-6-2-4-13-5-3-9-19-16(13)15/h2-6,9,14H,7-8,10-11H2,1H3. The van der Waals surface area contributed by atoms with E-state index in [2.05, 4.69) is 14.6 Å². The lowest BCUT2D eigenvalue weighted by Crippen LogP contribution is -2.41. The van der Waals surface area contributed by atoms with Crippen molar-refractivity contribution in [3.05, 3.63) is 47.1 Å². The third kappa shape index (κ3) is 3.19. The van der Waals surface area contributed by atoms with Gasteiger partial charge in [0.1, 0.15) is 22.2 Å². The quantitative estimate of drug-likeness (QED) is 0.723. The first kappa shape index (κ1) is 16.0. The molecule has 1 aliphatic heterocycles. The minimum Gasteiger partial charge on any atom is -0.488 e. The number of carbonyl (C=O) groups is 1. The first-order chi connectivity index (χ1) is 12.2. The van der Waals surface area contributed by atoms with Crippen LogP contribution in [0.25, 0.3) is 10.9 Å². The molecular formula is C18H18N4O2S. The first-order valence-corrected chi connectivity index (χ1v) is 9.08. The number of aryl methyl sites for hydroxylation is 1. The van der Waals surface area contributed by atoms with Crippen LogP contribution in [0.4, 0.5) is 0 Å². The largest absolute Gasteiger partial charge is 0.488 e. The number of hydrogen-bond acceptors (Lipinski definition) is 6. The fraction of sp³-hybridized carbons (Fsp3) is 0.333. The summed E-state index contributed by atoms with van der Waals surface area (Å²) in [6.07, 6.45) is 3.49. The maximum absolute atomic E-state index is 12.5. The highest BCUT2D eigenvalue weighted by Crippen LogP contribution is 2.27. The molecule has 1 amide bonds. The maximum Gasteiger partial charge on any atom is 0.267 e. The van der Waals surface area contributed by atoms with Crippen molar-refractivity contribution in [2.24, 2.45) is 0 Å². The minimum absolute atomic E-state index is 0.0257. The normalized spacial score (nSPS) is 15.5. The molecule has 1 aromatic carbocycles. The Morgan fingerprint density at radius 1 is 1.24 bits per heavy atom. The number of ether oxygens (including phenoxy) is 1. The average Bonchev–Trinajstić information content (AvgIpc) is 3.08. The fourth-order valence-electron chi connectivity index (χ4n) is 3.10. The lowest BCUT2D eigenvalue weighted by molar-refractivity contribution is 0.0601. The molecule has 0 aliphatic carbocycles. The molecule has 0 spiro atoms. The van der Waals surface area contributed by atoms with Crippen LogP contribution in [0.3, 0.4) is 0 Å². The van der Waals surface area contributed by atoms with Crippen molar-refractivity contribution in [3.63, 3.8) is 0 Å². The zero-order valence-corrected chi connectivity index (χ0v) is 14.7. The summed E-state index contributed by atoms with van der Waals surface area (Å²) in [6.45, 7) is 3.18. The van der Waals surface area contributed by atoms with Gasteiger partial charge in [-0.05, 0) is 30.6 Å². The summed E-state index contributed by atoms with van der Waals surface area (Å²) in [5.74, 6) is 0.836. The minimum atomic E-state index is 0.0257. The number of pyridine rings is 1. The molecule has 0 radical (unpaired) electrons. The van der Waals surface area contributed by atoms with E-state index in [4.69, 9.17) is 4.74 Å². The average molecular weight is 354 g/mol. The topological polar surface area (TPSA) is 68.2 Å². The van der Waals surface area contributed by atoms with Gasteiger partial charge >= 0.3 is 0 Å². The van der Waals surface area contributed by atoms with Gasteiger partial charge in [0.05, 0.1) is 5.69 Å². The molecule has 128 valence electrons. The summed E-state index contributed by atoms with van der Waals surface area (Å²) in [6, 6.07) is 9.92. The smallest absolute Gasteiger partial charge is 0.267 e. The van der Waals surface area contributed by atoms with Crippen molar-refractivity contribution in [2.45, 2.75) is 25.9 Å². The van der Waals surface area contributed by atoms with Gasteiger partial charge in [0.25, 0.3) is 5.91 Å². The van der Waals surface area contributed by atoms with Gasteiger partial charge in [-0.1, -0.05) is 22.7 Å². The highest BCUT2D eigenvalue weighted by molar-refractivity contribution is 7.07. The van der Waals surface area contributed by atoms with Crippen molar-refractivity contribution in [2.75, 3.05) is 13.1 Å². The van der Waals surface area contributed by atoms with E-state index in [1.54, 1.807) is 6.20 Å². The Kier molecular flexibility index (Phi) is 4.31. The number of fused-ring (bicyclic) bond motifs is 1. The Morgan fingerprint density at radius 2 is 2.04 bits per heavy atom. The van der Waals surface area contributed by atoms with Crippen LogP contribution in [0.5, 0.6) is 5.75 Å². The van der Waals surface area contributed by atoms with E-state index in [-0.39, 0.29) is 12.0 Å². The second kappa shape index (κ2) is 6.76. The number of carbonyl (C=O) groups excluding carboxylic acids is 1. The van der Waals surface area contributed by atoms with Gasteiger partial charge < -0.3 is 9.64 Å². The summed E-state index contributed by atoms with van der Waals surface area (Å²) >= 11 is 1.16. The first-order valence-electron chi connectivity index (χ1n) is 8.31. The molecule has 25 heavy (non-hydrogen) atoms. The molecule has 7 heteroatoms. The van der Waals surface area contributed by atoms with Crippen LogP contribution >= 0.6 is 11.5 Å². The van der Waals surface area contributed by atoms with Crippen molar-refractivity contribution < 1.29 is 9.53 Å². The number of para-hydroxylation sites is 1. The lowest BCUT2D eigenvalue weighted by Gasteiger charge is -2.32. The van der Waals surface area contributed by atoms with Crippen molar-refractivity contribution in [3.8, 4) is 5.75 Å². The number of piperidine rings is 1. The van der Waals surface area contributed by atoms with E-state index in [1.165, 1.54) is 0 Å². The molecule has 1 fully saturated rings. The number of likely N-dealkylation sites (tertiary alicyclic amines) is 1. The molecule has 6 nitrogen and oxygen atoms in total. The number of aromatic nitrogens is 3. The Hall–Kier alpha value is -2.54. The molecule has 0 unspecified atom stereocenters. The fourth-order valence-corrected chi connectivity index (χ4v) is 3.72. The number of benzene rings is 1. The van der Waals surface area contributed by atoms with Gasteiger partial charge in [0, 0.05) is 37.5 Å². The second-order valence-corrected chi connectivity index (χ2v) is 6.88. The van der Waals surface area contributed by atoms with Gasteiger partial charge in [-0.2, -0.15) is 0 Å². The van der Waals surface area contributed by atoms with Crippen LogP contribution < -0.4 is 4.74 Å². The molecule has 0 bridgehead atoms. The summed E-state index contributed by atoms with van der Waals surface area (Å²) in [4.78, 5) is 19.5. The number of amides is 1. The Morgan fingerprint density at radius 3 is 2.80 bits per heavy atom. The summed E-state index contributed by atoms with van der Waals surface area (Å²) in [5.41, 5.74) is 1.59. The van der Waals surface area contributed by atoms with Crippen molar-refractivity contribution >= 4 is 28.3 Å². The van der Waals surface area contributed by atoms with Crippen LogP contribution in [0.1, 0.15) is 28.2 Å². The molecule has 4 rings (SSSR count). The highest BCUT2D eigenvalue weighted by Gasteiger charge is 2.27. The van der Waals surface area contributed by atoms with Crippen LogP contribution in [0, 0.1) is 6.92 Å². The third-order valence-corrected chi connectivity index (χ3v) is 5.28. The summed E-state index contributed by atoms with van der Waals surface area (Å²) < 4.78 is 10.0. The molecule has 0 saturated carbocycles. The molecule has 3 heterocycles. The zero-order valence-electron chi connectivity index (χ0n) is 13.9. The number of hydrogen-bond donors (Lipinski definition) is 0. The maximum atomic E-state index is 12.5. The Labute approximate surface area is 149 Å². The third-order valence-electron chi connectivity index (χ3n) is 4.46. The van der Waals surface area contributed by atoms with Crippen LogP contribution in [0.15, 0.2) is 36.5 Å². The van der Waals surface area contributed by atoms with E-state index in [1.807, 2.05) is 42.2 Å². The molecule has 3 aromatic rings. The zero-order chi connectivity index (χ0) is 17.2. The Bertz CT molecular complexity index is 897. The van der Waals surface area contributed by atoms with Gasteiger partial charge in [0.15, 0.2) is 0 Å².